The molecule has 2 aromatic rings. The number of nitrogens with one attached hydrogen (secondary N) is 1. The third kappa shape index (κ3) is 4.72. The fourth-order valence-corrected chi connectivity index (χ4v) is 4.04. The van der Waals surface area contributed by atoms with Crippen LogP contribution in [0.3, 0.4) is 0 Å². The molecule has 5 nitrogen and oxygen atoms in total. The summed E-state index contributed by atoms with van der Waals surface area (Å²) >= 11 is 10.7. The predicted molar refractivity (Wildman–Crippen MR) is 109 cm³/mol. The Balaban J connectivity index is 1.67. The summed E-state index contributed by atoms with van der Waals surface area (Å²) in [4.78, 5) is 24.6. The lowest BCUT2D eigenvalue weighted by Gasteiger charge is -2.14. The quantitative estimate of drug-likeness (QED) is 0.418. The highest BCUT2D eigenvalue weighted by molar-refractivity contribution is 9.10. The van der Waals surface area contributed by atoms with E-state index in [1.165, 1.54) is 10.8 Å². The SMILES string of the molecule is O=C(N/N=C\c1sc(=O)n(Cc2ccc(Br)cc2)c1Cl)[C@@H]1CC=CCC1. The van der Waals surface area contributed by atoms with Gasteiger partial charge in [-0.2, -0.15) is 5.10 Å². The number of hydrogen-bond donors (Lipinski definition) is 1. The van der Waals surface area contributed by atoms with Crippen molar-refractivity contribution in [2.45, 2.75) is 25.8 Å². The Labute approximate surface area is 168 Å². The van der Waals surface area contributed by atoms with E-state index in [1.807, 2.05) is 30.3 Å². The van der Waals surface area contributed by atoms with Crippen molar-refractivity contribution < 1.29 is 4.79 Å². The maximum absolute atomic E-state index is 12.2. The summed E-state index contributed by atoms with van der Waals surface area (Å²) in [6, 6.07) is 7.69. The number of aromatic nitrogens is 1. The van der Waals surface area contributed by atoms with Gasteiger partial charge in [0.25, 0.3) is 0 Å². The first kappa shape index (κ1) is 19.1. The summed E-state index contributed by atoms with van der Waals surface area (Å²) in [7, 11) is 0. The first-order valence-electron chi connectivity index (χ1n) is 8.16. The van der Waals surface area contributed by atoms with E-state index in [4.69, 9.17) is 11.6 Å². The van der Waals surface area contributed by atoms with Crippen molar-refractivity contribution >= 4 is 51.0 Å². The van der Waals surface area contributed by atoms with Gasteiger partial charge in [-0.3, -0.25) is 14.2 Å². The molecule has 0 bridgehead atoms. The Kier molecular flexibility index (Phi) is 6.45. The van der Waals surface area contributed by atoms with Gasteiger partial charge in [-0.15, -0.1) is 0 Å². The minimum Gasteiger partial charge on any atom is -0.284 e. The summed E-state index contributed by atoms with van der Waals surface area (Å²) in [5.74, 6) is -0.156. The highest BCUT2D eigenvalue weighted by atomic mass is 79.9. The monoisotopic (exact) mass is 453 g/mol. The van der Waals surface area contributed by atoms with E-state index in [0.29, 0.717) is 16.6 Å². The lowest BCUT2D eigenvalue weighted by molar-refractivity contribution is -0.125. The van der Waals surface area contributed by atoms with Crippen LogP contribution >= 0.6 is 38.9 Å². The van der Waals surface area contributed by atoms with E-state index in [1.54, 1.807) is 0 Å². The summed E-state index contributed by atoms with van der Waals surface area (Å²) in [6.07, 6.45) is 8.01. The fraction of sp³-hybridized carbons (Fsp3) is 0.278. The molecule has 1 amide bonds. The molecule has 0 fully saturated rings. The van der Waals surface area contributed by atoms with E-state index in [2.05, 4.69) is 32.5 Å². The molecular weight excluding hydrogens is 438 g/mol. The summed E-state index contributed by atoms with van der Waals surface area (Å²) in [6.45, 7) is 0.385. The maximum atomic E-state index is 12.2. The lowest BCUT2D eigenvalue weighted by Crippen LogP contribution is -2.27. The van der Waals surface area contributed by atoms with E-state index in [9.17, 15) is 9.59 Å². The predicted octanol–water partition coefficient (Wildman–Crippen LogP) is 4.18. The number of hydrazone groups is 1. The second-order valence-electron chi connectivity index (χ2n) is 5.95. The van der Waals surface area contributed by atoms with E-state index < -0.39 is 0 Å². The number of allylic oxidation sites excluding steroid dienone is 2. The van der Waals surface area contributed by atoms with E-state index >= 15 is 0 Å². The highest BCUT2D eigenvalue weighted by Gasteiger charge is 2.18. The van der Waals surface area contributed by atoms with Crippen LogP contribution in [0.2, 0.25) is 5.15 Å². The van der Waals surface area contributed by atoms with Crippen LogP contribution in [0.1, 0.15) is 29.7 Å². The first-order chi connectivity index (χ1) is 12.5. The van der Waals surface area contributed by atoms with Crippen molar-refractivity contribution in [3.05, 3.63) is 66.2 Å². The second kappa shape index (κ2) is 8.79. The number of halogens is 2. The molecule has 1 aromatic heterocycles. The molecule has 1 aromatic carbocycles. The van der Waals surface area contributed by atoms with Gasteiger partial charge in [-0.1, -0.05) is 63.2 Å². The van der Waals surface area contributed by atoms with Gasteiger partial charge >= 0.3 is 4.87 Å². The molecule has 0 saturated carbocycles. The van der Waals surface area contributed by atoms with Gasteiger partial charge in [0.2, 0.25) is 5.91 Å². The van der Waals surface area contributed by atoms with Crippen molar-refractivity contribution in [1.82, 2.24) is 9.99 Å². The Morgan fingerprint density at radius 2 is 2.15 bits per heavy atom. The van der Waals surface area contributed by atoms with Gasteiger partial charge in [0.05, 0.1) is 17.6 Å². The van der Waals surface area contributed by atoms with Crippen LogP contribution in [0.4, 0.5) is 0 Å². The molecule has 0 saturated heterocycles. The van der Waals surface area contributed by atoms with Gasteiger partial charge in [0.1, 0.15) is 5.15 Å². The van der Waals surface area contributed by atoms with E-state index in [-0.39, 0.29) is 16.7 Å². The Morgan fingerprint density at radius 1 is 1.38 bits per heavy atom. The molecule has 1 N–H and O–H groups in total. The second-order valence-corrected chi connectivity index (χ2v) is 8.22. The van der Waals surface area contributed by atoms with Crippen LogP contribution in [0, 0.1) is 5.92 Å². The van der Waals surface area contributed by atoms with Crippen molar-refractivity contribution in [3.63, 3.8) is 0 Å². The molecule has 1 atom stereocenters. The van der Waals surface area contributed by atoms with Crippen LogP contribution in [-0.2, 0) is 11.3 Å². The molecule has 0 aliphatic heterocycles. The lowest BCUT2D eigenvalue weighted by atomic mass is 9.94. The average Bonchev–Trinajstić information content (AvgIpc) is 2.92. The summed E-state index contributed by atoms with van der Waals surface area (Å²) < 4.78 is 2.46. The van der Waals surface area contributed by atoms with E-state index in [0.717, 1.165) is 40.6 Å². The molecule has 3 rings (SSSR count). The zero-order valence-corrected chi connectivity index (χ0v) is 17.0. The third-order valence-electron chi connectivity index (χ3n) is 4.11. The molecule has 0 spiro atoms. The number of amides is 1. The molecule has 0 unspecified atom stereocenters. The van der Waals surface area contributed by atoms with Crippen LogP contribution < -0.4 is 10.3 Å². The molecule has 1 aliphatic rings. The normalized spacial score (nSPS) is 16.9. The topological polar surface area (TPSA) is 63.5 Å². The van der Waals surface area contributed by atoms with Crippen LogP contribution in [0.5, 0.6) is 0 Å². The largest absolute Gasteiger partial charge is 0.309 e. The molecule has 0 radical (unpaired) electrons. The zero-order valence-electron chi connectivity index (χ0n) is 13.8. The van der Waals surface area contributed by atoms with Crippen LogP contribution in [0.25, 0.3) is 0 Å². The van der Waals surface area contributed by atoms with Crippen LogP contribution in [-0.4, -0.2) is 16.7 Å². The summed E-state index contributed by atoms with van der Waals surface area (Å²) in [5.41, 5.74) is 3.51. The van der Waals surface area contributed by atoms with Gasteiger partial charge in [-0.05, 0) is 37.0 Å². The third-order valence-corrected chi connectivity index (χ3v) is 6.07. The molecular formula is C18H17BrClN3O2S. The van der Waals surface area contributed by atoms with Crippen molar-refractivity contribution in [2.75, 3.05) is 0 Å². The molecule has 1 aliphatic carbocycles. The maximum Gasteiger partial charge on any atom is 0.309 e. The standard InChI is InChI=1S/C18H17BrClN3O2S/c19-14-8-6-12(7-9-14)11-23-16(20)15(26-18(23)25)10-21-22-17(24)13-4-2-1-3-5-13/h1-2,6-10,13H,3-5,11H2,(H,22,24)/b21-10-/t13-/m1/s1. The molecule has 1 heterocycles. The number of thiazole rings is 1. The Morgan fingerprint density at radius 3 is 2.85 bits per heavy atom. The van der Waals surface area contributed by atoms with Crippen molar-refractivity contribution in [2.24, 2.45) is 11.0 Å². The minimum absolute atomic E-state index is 0.0478. The van der Waals surface area contributed by atoms with Crippen molar-refractivity contribution in [3.8, 4) is 0 Å². The highest BCUT2D eigenvalue weighted by Crippen LogP contribution is 2.20. The number of benzene rings is 1. The number of rotatable bonds is 5. The van der Waals surface area contributed by atoms with Gasteiger partial charge in [-0.25, -0.2) is 5.43 Å². The molecule has 8 heteroatoms. The number of carbonyl (C=O) groups excluding carboxylic acids is 1. The van der Waals surface area contributed by atoms with Gasteiger partial charge in [0.15, 0.2) is 0 Å². The Hall–Kier alpha value is -1.70. The number of nitrogens with zero attached hydrogens (tertiary/aromatic N) is 2. The molecule has 26 heavy (non-hydrogen) atoms. The van der Waals surface area contributed by atoms with Gasteiger partial charge in [0, 0.05) is 10.4 Å². The minimum atomic E-state index is -0.164. The van der Waals surface area contributed by atoms with Crippen LogP contribution in [0.15, 0.2) is 50.8 Å². The van der Waals surface area contributed by atoms with Gasteiger partial charge < -0.3 is 0 Å². The number of hydrogen-bond acceptors (Lipinski definition) is 4. The Bertz CT molecular complexity index is 902. The average molecular weight is 455 g/mol. The molecule has 136 valence electrons. The smallest absolute Gasteiger partial charge is 0.284 e. The summed E-state index contributed by atoms with van der Waals surface area (Å²) in [5, 5.41) is 4.29. The fourth-order valence-electron chi connectivity index (χ4n) is 2.67. The zero-order chi connectivity index (χ0) is 18.5. The first-order valence-corrected chi connectivity index (χ1v) is 10.1. The van der Waals surface area contributed by atoms with Crippen molar-refractivity contribution in [1.29, 1.82) is 0 Å². The number of carbonyl (C=O) groups is 1.